The van der Waals surface area contributed by atoms with Crippen LogP contribution in [0.1, 0.15) is 26.7 Å². The maximum atomic E-state index is 13.6. The van der Waals surface area contributed by atoms with Crippen LogP contribution < -0.4 is 0 Å². The van der Waals surface area contributed by atoms with E-state index in [0.29, 0.717) is 13.0 Å². The number of halogens is 1. The van der Waals surface area contributed by atoms with Gasteiger partial charge in [0, 0.05) is 13.1 Å². The summed E-state index contributed by atoms with van der Waals surface area (Å²) in [6.07, 6.45) is 1.21. The summed E-state index contributed by atoms with van der Waals surface area (Å²) in [5.41, 5.74) is -0.232. The summed E-state index contributed by atoms with van der Waals surface area (Å²) >= 11 is 0. The van der Waals surface area contributed by atoms with Gasteiger partial charge in [-0.25, -0.2) is 4.39 Å². The van der Waals surface area contributed by atoms with Crippen LogP contribution in [0.4, 0.5) is 4.39 Å². The lowest BCUT2D eigenvalue weighted by Crippen LogP contribution is -2.62. The Morgan fingerprint density at radius 3 is 2.77 bits per heavy atom. The number of hydrogen-bond donors (Lipinski definition) is 0. The Labute approximate surface area is 79.1 Å². The molecule has 0 aromatic rings. The van der Waals surface area contributed by atoms with Gasteiger partial charge in [-0.3, -0.25) is 4.90 Å². The van der Waals surface area contributed by atoms with Crippen molar-refractivity contribution in [3.05, 3.63) is 0 Å². The summed E-state index contributed by atoms with van der Waals surface area (Å²) in [4.78, 5) is 2.24. The molecule has 76 valence electrons. The van der Waals surface area contributed by atoms with Gasteiger partial charge in [-0.05, 0) is 26.7 Å². The zero-order valence-corrected chi connectivity index (χ0v) is 8.42. The number of nitrogens with zero attached hydrogens (tertiary/aromatic N) is 1. The Morgan fingerprint density at radius 2 is 2.31 bits per heavy atom. The summed E-state index contributed by atoms with van der Waals surface area (Å²) in [6, 6.07) is 0. The Hall–Kier alpha value is -0.150. The first-order valence-electron chi connectivity index (χ1n) is 5.16. The van der Waals surface area contributed by atoms with E-state index in [1.54, 1.807) is 0 Å². The van der Waals surface area contributed by atoms with Gasteiger partial charge in [-0.1, -0.05) is 0 Å². The third-order valence-electron chi connectivity index (χ3n) is 3.35. The van der Waals surface area contributed by atoms with E-state index in [4.69, 9.17) is 4.74 Å². The van der Waals surface area contributed by atoms with Gasteiger partial charge in [0.1, 0.15) is 6.17 Å². The van der Waals surface area contributed by atoms with Crippen LogP contribution in [0.15, 0.2) is 0 Å². The van der Waals surface area contributed by atoms with Crippen molar-refractivity contribution in [2.24, 2.45) is 0 Å². The molecule has 2 atom stereocenters. The number of rotatable bonds is 3. The van der Waals surface area contributed by atoms with Crippen LogP contribution in [-0.4, -0.2) is 42.4 Å². The quantitative estimate of drug-likeness (QED) is 0.665. The third kappa shape index (κ3) is 1.38. The number of fused-ring (bicyclic) bond motifs is 1. The summed E-state index contributed by atoms with van der Waals surface area (Å²) in [5, 5.41) is 0. The van der Waals surface area contributed by atoms with Crippen molar-refractivity contribution in [2.75, 3.05) is 19.7 Å². The second kappa shape index (κ2) is 3.21. The van der Waals surface area contributed by atoms with Gasteiger partial charge in [0.15, 0.2) is 0 Å². The second-order valence-corrected chi connectivity index (χ2v) is 4.46. The van der Waals surface area contributed by atoms with Crippen molar-refractivity contribution in [3.8, 4) is 0 Å². The van der Waals surface area contributed by atoms with E-state index in [1.165, 1.54) is 0 Å². The smallest absolute Gasteiger partial charge is 0.122 e. The molecule has 0 aromatic heterocycles. The third-order valence-corrected chi connectivity index (χ3v) is 3.35. The average molecular weight is 187 g/mol. The van der Waals surface area contributed by atoms with Gasteiger partial charge < -0.3 is 4.74 Å². The normalized spacial score (nSPS) is 39.2. The molecule has 13 heavy (non-hydrogen) atoms. The van der Waals surface area contributed by atoms with Gasteiger partial charge in [0.05, 0.1) is 18.2 Å². The molecular weight excluding hydrogens is 169 g/mol. The predicted molar refractivity (Wildman–Crippen MR) is 49.5 cm³/mol. The monoisotopic (exact) mass is 187 g/mol. The second-order valence-electron chi connectivity index (χ2n) is 4.46. The lowest BCUT2D eigenvalue weighted by Gasteiger charge is -2.49. The van der Waals surface area contributed by atoms with E-state index < -0.39 is 6.17 Å². The zero-order chi connectivity index (χ0) is 9.47. The number of hydrogen-bond acceptors (Lipinski definition) is 2. The molecule has 0 radical (unpaired) electrons. The maximum absolute atomic E-state index is 13.6. The van der Waals surface area contributed by atoms with Crippen molar-refractivity contribution in [2.45, 2.75) is 44.5 Å². The van der Waals surface area contributed by atoms with Crippen LogP contribution in [0.2, 0.25) is 0 Å². The molecule has 2 rings (SSSR count). The molecule has 0 aromatic carbocycles. The molecule has 2 saturated heterocycles. The lowest BCUT2D eigenvalue weighted by atomic mass is 9.84. The fourth-order valence-electron chi connectivity index (χ4n) is 2.35. The van der Waals surface area contributed by atoms with Gasteiger partial charge in [0.25, 0.3) is 0 Å². The zero-order valence-electron chi connectivity index (χ0n) is 8.42. The van der Waals surface area contributed by atoms with Gasteiger partial charge in [-0.2, -0.15) is 0 Å². The topological polar surface area (TPSA) is 12.5 Å². The van der Waals surface area contributed by atoms with E-state index in [0.717, 1.165) is 19.5 Å². The first kappa shape index (κ1) is 9.41. The largest absolute Gasteiger partial charge is 0.377 e. The molecular formula is C10H18FNO. The van der Waals surface area contributed by atoms with Crippen LogP contribution in [0.25, 0.3) is 0 Å². The Kier molecular flexibility index (Phi) is 2.32. The van der Waals surface area contributed by atoms with Gasteiger partial charge in [-0.15, -0.1) is 0 Å². The molecule has 0 spiro atoms. The average Bonchev–Trinajstić information content (AvgIpc) is 2.21. The van der Waals surface area contributed by atoms with Crippen LogP contribution in [0.5, 0.6) is 0 Å². The van der Waals surface area contributed by atoms with E-state index in [1.807, 2.05) is 13.8 Å². The summed E-state index contributed by atoms with van der Waals surface area (Å²) < 4.78 is 19.1. The molecule has 2 aliphatic rings. The van der Waals surface area contributed by atoms with Crippen LogP contribution >= 0.6 is 0 Å². The van der Waals surface area contributed by atoms with Crippen molar-refractivity contribution < 1.29 is 9.13 Å². The Balaban J connectivity index is 1.94. The van der Waals surface area contributed by atoms with Crippen LogP contribution in [0.3, 0.4) is 0 Å². The number of alkyl halides is 1. The van der Waals surface area contributed by atoms with E-state index in [2.05, 4.69) is 4.90 Å². The lowest BCUT2D eigenvalue weighted by molar-refractivity contribution is -0.0902. The molecule has 2 fully saturated rings. The van der Waals surface area contributed by atoms with Crippen LogP contribution in [-0.2, 0) is 4.74 Å². The molecule has 3 heteroatoms. The molecule has 0 aliphatic carbocycles. The van der Waals surface area contributed by atoms with Crippen molar-refractivity contribution in [1.82, 2.24) is 4.90 Å². The molecule has 0 N–H and O–H groups in total. The summed E-state index contributed by atoms with van der Waals surface area (Å²) in [7, 11) is 0. The molecule has 2 heterocycles. The molecule has 2 nitrogen and oxygen atoms in total. The van der Waals surface area contributed by atoms with Crippen LogP contribution in [0, 0.1) is 0 Å². The van der Waals surface area contributed by atoms with Crippen molar-refractivity contribution in [3.63, 3.8) is 0 Å². The fourth-order valence-corrected chi connectivity index (χ4v) is 2.35. The summed E-state index contributed by atoms with van der Waals surface area (Å²) in [5.74, 6) is 0. The maximum Gasteiger partial charge on any atom is 0.122 e. The minimum Gasteiger partial charge on any atom is -0.377 e. The minimum atomic E-state index is -0.667. The molecule has 0 saturated carbocycles. The van der Waals surface area contributed by atoms with Crippen molar-refractivity contribution in [1.29, 1.82) is 0 Å². The molecule has 2 aliphatic heterocycles. The Morgan fingerprint density at radius 1 is 1.54 bits per heavy atom. The first-order chi connectivity index (χ1) is 6.15. The minimum absolute atomic E-state index is 0.213. The molecule has 0 unspecified atom stereocenters. The Bertz CT molecular complexity index is 189. The predicted octanol–water partition coefficient (Wildman–Crippen LogP) is 1.60. The molecule has 0 bridgehead atoms. The highest BCUT2D eigenvalue weighted by Crippen LogP contribution is 2.42. The van der Waals surface area contributed by atoms with E-state index >= 15 is 0 Å². The highest BCUT2D eigenvalue weighted by molar-refractivity contribution is 5.09. The van der Waals surface area contributed by atoms with Gasteiger partial charge >= 0.3 is 0 Å². The molecule has 0 amide bonds. The highest BCUT2D eigenvalue weighted by Gasteiger charge is 2.55. The van der Waals surface area contributed by atoms with Crippen molar-refractivity contribution >= 4 is 0 Å². The SMILES string of the molecule is CC(C)OC[C@]12CCN1CC[C@@H]2F. The first-order valence-corrected chi connectivity index (χ1v) is 5.16. The number of ether oxygens (including phenoxy) is 1. The fraction of sp³-hybridized carbons (Fsp3) is 1.00. The van der Waals surface area contributed by atoms with E-state index in [9.17, 15) is 4.39 Å². The summed E-state index contributed by atoms with van der Waals surface area (Å²) in [6.45, 7) is 6.56. The highest BCUT2D eigenvalue weighted by atomic mass is 19.1. The van der Waals surface area contributed by atoms with Gasteiger partial charge in [0.2, 0.25) is 0 Å². The van der Waals surface area contributed by atoms with E-state index in [-0.39, 0.29) is 11.6 Å². The standard InChI is InChI=1S/C10H18FNO/c1-8(2)13-7-10-4-6-12(10)5-3-9(10)11/h8-9H,3-7H2,1-2H3/t9-,10-/m0/s1.